The molecule has 0 aliphatic heterocycles. The summed E-state index contributed by atoms with van der Waals surface area (Å²) in [6.07, 6.45) is 0. The number of rotatable bonds is 2. The van der Waals surface area contributed by atoms with Crippen LogP contribution in [0.2, 0.25) is 0 Å². The lowest BCUT2D eigenvalue weighted by atomic mass is 10.2. The van der Waals surface area contributed by atoms with E-state index in [0.717, 1.165) is 5.56 Å². The van der Waals surface area contributed by atoms with Gasteiger partial charge in [0.1, 0.15) is 10.6 Å². The molecule has 0 N–H and O–H groups in total. The highest BCUT2D eigenvalue weighted by molar-refractivity contribution is 9.55. The third-order valence-electron chi connectivity index (χ3n) is 1.85. The van der Waals surface area contributed by atoms with Crippen molar-refractivity contribution in [1.29, 1.82) is 0 Å². The predicted molar refractivity (Wildman–Crippen MR) is 77.9 cm³/mol. The maximum absolute atomic E-state index is 12.1. The average Bonchev–Trinajstić information content (AvgIpc) is 2.80. The van der Waals surface area contributed by atoms with Gasteiger partial charge in [0, 0.05) is 20.4 Å². The van der Waals surface area contributed by atoms with Gasteiger partial charge in [-0.15, -0.1) is 5.10 Å². The Labute approximate surface area is 122 Å². The highest BCUT2D eigenvalue weighted by Gasteiger charge is 2.19. The second-order valence-corrected chi connectivity index (χ2v) is 11.1. The SMILES string of the molecule is O=S(Br)(=C(Br)Br)c1nnc(-c2ccccc2)o1. The summed E-state index contributed by atoms with van der Waals surface area (Å²) in [6, 6.07) is 9.27. The van der Waals surface area contributed by atoms with Crippen LogP contribution in [0.5, 0.6) is 0 Å². The van der Waals surface area contributed by atoms with E-state index in [1.807, 2.05) is 30.3 Å². The molecule has 0 aliphatic rings. The summed E-state index contributed by atoms with van der Waals surface area (Å²) in [7, 11) is -2.69. The van der Waals surface area contributed by atoms with E-state index in [-0.39, 0.29) is 5.22 Å². The van der Waals surface area contributed by atoms with E-state index in [2.05, 4.69) is 56.9 Å². The van der Waals surface area contributed by atoms with Gasteiger partial charge in [-0.1, -0.05) is 23.3 Å². The summed E-state index contributed by atoms with van der Waals surface area (Å²) in [5.41, 5.74) is 0.777. The fraction of sp³-hybridized carbons (Fsp3) is 0. The smallest absolute Gasteiger partial charge is 0.311 e. The molecule has 0 amide bonds. The Hall–Kier alpha value is -0.180. The van der Waals surface area contributed by atoms with Crippen molar-refractivity contribution in [2.45, 2.75) is 5.22 Å². The summed E-state index contributed by atoms with van der Waals surface area (Å²) in [5, 5.41) is 7.63. The minimum absolute atomic E-state index is 0.0140. The van der Waals surface area contributed by atoms with Crippen molar-refractivity contribution in [2.75, 3.05) is 0 Å². The Bertz CT molecular complexity index is 643. The summed E-state index contributed by atoms with van der Waals surface area (Å²) < 4.78 is 17.8. The van der Waals surface area contributed by atoms with Crippen LogP contribution in [0.15, 0.2) is 40.0 Å². The highest BCUT2D eigenvalue weighted by Crippen LogP contribution is 2.26. The van der Waals surface area contributed by atoms with Gasteiger partial charge in [0.25, 0.3) is 0 Å². The van der Waals surface area contributed by atoms with Crippen LogP contribution in [-0.2, 0) is 7.96 Å². The van der Waals surface area contributed by atoms with Crippen molar-refractivity contribution < 1.29 is 8.63 Å². The maximum atomic E-state index is 12.1. The molecule has 4 nitrogen and oxygen atoms in total. The van der Waals surface area contributed by atoms with Gasteiger partial charge in [-0.05, 0) is 44.0 Å². The van der Waals surface area contributed by atoms with E-state index >= 15 is 0 Å². The lowest BCUT2D eigenvalue weighted by Gasteiger charge is -1.95. The van der Waals surface area contributed by atoms with Gasteiger partial charge in [-0.2, -0.15) is 0 Å². The van der Waals surface area contributed by atoms with Gasteiger partial charge in [0.15, 0.2) is 0 Å². The highest BCUT2D eigenvalue weighted by atomic mass is 79.9. The number of hydrogen-bond donors (Lipinski definition) is 0. The molecule has 0 saturated heterocycles. The molecule has 8 heteroatoms. The van der Waals surface area contributed by atoms with Crippen LogP contribution in [0.25, 0.3) is 11.5 Å². The molecule has 0 saturated carbocycles. The van der Waals surface area contributed by atoms with E-state index in [9.17, 15) is 4.21 Å². The quantitative estimate of drug-likeness (QED) is 0.525. The Morgan fingerprint density at radius 3 is 2.41 bits per heavy atom. The molecule has 1 atom stereocenters. The first kappa shape index (κ1) is 13.3. The first-order chi connectivity index (χ1) is 8.01. The molecule has 2 rings (SSSR count). The molecule has 90 valence electrons. The molecule has 17 heavy (non-hydrogen) atoms. The molecule has 1 aromatic carbocycles. The average molecular weight is 445 g/mol. The zero-order valence-corrected chi connectivity index (χ0v) is 13.7. The van der Waals surface area contributed by atoms with Crippen LogP contribution < -0.4 is 0 Å². The summed E-state index contributed by atoms with van der Waals surface area (Å²) in [5.74, 6) is 0.328. The first-order valence-corrected chi connectivity index (χ1v) is 9.31. The van der Waals surface area contributed by atoms with Crippen LogP contribution in [0.3, 0.4) is 0 Å². The van der Waals surface area contributed by atoms with Crippen molar-refractivity contribution in [3.63, 3.8) is 0 Å². The molecule has 1 aromatic heterocycles. The molecule has 0 fully saturated rings. The summed E-state index contributed by atoms with van der Waals surface area (Å²) in [4.78, 5) is 0. The molecular weight excluding hydrogens is 440 g/mol. The van der Waals surface area contributed by atoms with Crippen LogP contribution in [-0.4, -0.2) is 17.1 Å². The van der Waals surface area contributed by atoms with Crippen LogP contribution in [0.4, 0.5) is 0 Å². The monoisotopic (exact) mass is 442 g/mol. The van der Waals surface area contributed by atoms with E-state index in [4.69, 9.17) is 4.42 Å². The van der Waals surface area contributed by atoms with E-state index in [1.165, 1.54) is 0 Å². The number of aromatic nitrogens is 2. The molecule has 0 bridgehead atoms. The molecule has 1 unspecified atom stereocenters. The Morgan fingerprint density at radius 2 is 1.82 bits per heavy atom. The normalized spacial score (nSPS) is 14.3. The Morgan fingerprint density at radius 1 is 1.18 bits per heavy atom. The van der Waals surface area contributed by atoms with Crippen LogP contribution in [0.1, 0.15) is 0 Å². The lowest BCUT2D eigenvalue weighted by molar-refractivity contribution is 0.458. The van der Waals surface area contributed by atoms with Crippen molar-refractivity contribution in [1.82, 2.24) is 10.2 Å². The van der Waals surface area contributed by atoms with E-state index in [0.29, 0.717) is 8.57 Å². The number of hydrogen-bond acceptors (Lipinski definition) is 4. The second-order valence-electron chi connectivity index (χ2n) is 2.95. The van der Waals surface area contributed by atoms with E-state index < -0.39 is 7.96 Å². The van der Waals surface area contributed by atoms with Gasteiger partial charge >= 0.3 is 5.22 Å². The molecule has 1 heterocycles. The predicted octanol–water partition coefficient (Wildman–Crippen LogP) is 3.57. The minimum Gasteiger partial charge on any atom is -0.409 e. The molecule has 0 spiro atoms. The van der Waals surface area contributed by atoms with Crippen molar-refractivity contribution in [3.8, 4) is 11.5 Å². The van der Waals surface area contributed by atoms with Crippen LogP contribution in [0, 0.1) is 0 Å². The Kier molecular flexibility index (Phi) is 4.06. The fourth-order valence-electron chi connectivity index (χ4n) is 1.08. The third kappa shape index (κ3) is 2.81. The fourth-order valence-corrected chi connectivity index (χ4v) is 2.77. The molecule has 0 radical (unpaired) electrons. The zero-order chi connectivity index (χ0) is 12.5. The second kappa shape index (κ2) is 5.21. The van der Waals surface area contributed by atoms with Crippen molar-refractivity contribution in [2.24, 2.45) is 0 Å². The number of halogens is 3. The maximum Gasteiger partial charge on any atom is 0.311 e. The minimum atomic E-state index is -2.69. The van der Waals surface area contributed by atoms with Crippen molar-refractivity contribution in [3.05, 3.63) is 30.3 Å². The van der Waals surface area contributed by atoms with E-state index in [1.54, 1.807) is 0 Å². The molecule has 2 aromatic rings. The van der Waals surface area contributed by atoms with Gasteiger partial charge in [-0.3, -0.25) is 0 Å². The summed E-state index contributed by atoms with van der Waals surface area (Å²) in [6.45, 7) is 0. The topological polar surface area (TPSA) is 56.0 Å². The van der Waals surface area contributed by atoms with Gasteiger partial charge in [0.05, 0.1) is 0 Å². The molecular formula is C9H5Br3N2O2S. The van der Waals surface area contributed by atoms with Gasteiger partial charge in [-0.25, -0.2) is 4.21 Å². The van der Waals surface area contributed by atoms with Gasteiger partial charge in [0.2, 0.25) is 5.89 Å². The Balaban J connectivity index is 2.49. The first-order valence-electron chi connectivity index (χ1n) is 4.32. The van der Waals surface area contributed by atoms with Crippen molar-refractivity contribution >= 4 is 57.3 Å². The number of nitrogens with zero attached hydrogens (tertiary/aromatic N) is 2. The third-order valence-corrected chi connectivity index (χ3v) is 10.0. The lowest BCUT2D eigenvalue weighted by Crippen LogP contribution is -1.96. The standard InChI is InChI=1S/C9H5Br3N2O2S/c10-8(11)17(12,15)9-14-13-7(16-9)6-4-2-1-3-5-6/h1-5H. The van der Waals surface area contributed by atoms with Gasteiger partial charge < -0.3 is 4.42 Å². The molecule has 0 aliphatic carbocycles. The summed E-state index contributed by atoms with van der Waals surface area (Å²) >= 11 is 9.20. The number of benzene rings is 1. The zero-order valence-electron chi connectivity index (χ0n) is 8.14. The largest absolute Gasteiger partial charge is 0.409 e. The van der Waals surface area contributed by atoms with Crippen LogP contribution >= 0.6 is 46.7 Å².